The van der Waals surface area contributed by atoms with Gasteiger partial charge in [-0.1, -0.05) is 6.92 Å². The number of ether oxygens (including phenoxy) is 2. The number of aliphatic imine (C=N–C) groups is 1. The standard InChI is InChI=1S/C23H35N5O3S/c1-3-19-12-20-21(32-19)4-9-31-23(20)5-6-28(17(2)13-23)16-18(26-24)14-25-15-22(29)27-7-10-30-11-8-27/h12,14,17H,3-11,13,15-16,24H2,1-2H3/b25-14?,26-18+/t17-,23+/m0/s1. The maximum atomic E-state index is 12.3. The average Bonchev–Trinajstić information content (AvgIpc) is 3.26. The van der Waals surface area contributed by atoms with Crippen molar-refractivity contribution in [3.05, 3.63) is 21.4 Å². The molecule has 9 heteroatoms. The quantitative estimate of drug-likeness (QED) is 0.396. The Labute approximate surface area is 194 Å². The van der Waals surface area contributed by atoms with Gasteiger partial charge in [0.05, 0.1) is 31.1 Å². The summed E-state index contributed by atoms with van der Waals surface area (Å²) < 4.78 is 11.7. The van der Waals surface area contributed by atoms with Crippen LogP contribution in [0.15, 0.2) is 16.2 Å². The molecule has 1 aromatic heterocycles. The van der Waals surface area contributed by atoms with E-state index >= 15 is 0 Å². The Morgan fingerprint density at radius 1 is 1.34 bits per heavy atom. The van der Waals surface area contributed by atoms with Gasteiger partial charge in [-0.25, -0.2) is 0 Å². The summed E-state index contributed by atoms with van der Waals surface area (Å²) in [6.07, 6.45) is 5.69. The number of morpholine rings is 1. The summed E-state index contributed by atoms with van der Waals surface area (Å²) in [6, 6.07) is 2.71. The van der Waals surface area contributed by atoms with Crippen LogP contribution in [0.3, 0.4) is 0 Å². The van der Waals surface area contributed by atoms with Crippen LogP contribution in [-0.2, 0) is 32.7 Å². The number of thiophene rings is 1. The number of hydrazone groups is 1. The zero-order valence-electron chi connectivity index (χ0n) is 19.2. The molecule has 0 saturated carbocycles. The van der Waals surface area contributed by atoms with Crippen LogP contribution < -0.4 is 5.84 Å². The largest absolute Gasteiger partial charge is 0.378 e. The van der Waals surface area contributed by atoms with Crippen molar-refractivity contribution in [3.63, 3.8) is 0 Å². The molecule has 3 aliphatic rings. The minimum absolute atomic E-state index is 0.0154. The summed E-state index contributed by atoms with van der Waals surface area (Å²) in [4.78, 5) is 23.7. The average molecular weight is 462 g/mol. The van der Waals surface area contributed by atoms with Gasteiger partial charge >= 0.3 is 0 Å². The number of carbonyl (C=O) groups excluding carboxylic acids is 1. The normalized spacial score (nSPS) is 27.2. The lowest BCUT2D eigenvalue weighted by Gasteiger charge is -2.47. The molecule has 32 heavy (non-hydrogen) atoms. The Hall–Kier alpha value is -1.81. The van der Waals surface area contributed by atoms with Gasteiger partial charge in [-0.2, -0.15) is 5.10 Å². The molecule has 8 nitrogen and oxygen atoms in total. The predicted octanol–water partition coefficient (Wildman–Crippen LogP) is 1.81. The molecule has 4 heterocycles. The van der Waals surface area contributed by atoms with Crippen LogP contribution in [-0.4, -0.2) is 86.2 Å². The first-order valence-corrected chi connectivity index (χ1v) is 12.5. The first-order chi connectivity index (χ1) is 15.5. The van der Waals surface area contributed by atoms with E-state index in [1.54, 1.807) is 11.1 Å². The van der Waals surface area contributed by atoms with Crippen molar-refractivity contribution in [2.45, 2.75) is 51.2 Å². The van der Waals surface area contributed by atoms with E-state index in [-0.39, 0.29) is 18.1 Å². The highest BCUT2D eigenvalue weighted by atomic mass is 32.1. The number of rotatable bonds is 6. The van der Waals surface area contributed by atoms with Gasteiger partial charge < -0.3 is 20.2 Å². The van der Waals surface area contributed by atoms with Crippen molar-refractivity contribution in [1.82, 2.24) is 9.80 Å². The van der Waals surface area contributed by atoms with E-state index in [4.69, 9.17) is 15.3 Å². The van der Waals surface area contributed by atoms with Crippen molar-refractivity contribution in [1.29, 1.82) is 0 Å². The Morgan fingerprint density at radius 2 is 2.16 bits per heavy atom. The lowest BCUT2D eigenvalue weighted by atomic mass is 9.79. The topological polar surface area (TPSA) is 92.8 Å². The van der Waals surface area contributed by atoms with Crippen LogP contribution in [0.5, 0.6) is 0 Å². The summed E-state index contributed by atoms with van der Waals surface area (Å²) in [5.41, 5.74) is 1.95. The zero-order chi connectivity index (χ0) is 22.6. The molecule has 1 spiro atoms. The van der Waals surface area contributed by atoms with E-state index in [1.807, 2.05) is 11.3 Å². The molecule has 4 rings (SSSR count). The van der Waals surface area contributed by atoms with E-state index in [0.29, 0.717) is 44.6 Å². The van der Waals surface area contributed by atoms with Gasteiger partial charge in [-0.3, -0.25) is 14.7 Å². The molecule has 176 valence electrons. The predicted molar refractivity (Wildman–Crippen MR) is 128 cm³/mol. The fourth-order valence-electron chi connectivity index (χ4n) is 4.98. The Bertz CT molecular complexity index is 864. The van der Waals surface area contributed by atoms with Crippen molar-refractivity contribution >= 4 is 29.2 Å². The highest BCUT2D eigenvalue weighted by Gasteiger charge is 2.44. The molecular weight excluding hydrogens is 426 g/mol. The summed E-state index contributed by atoms with van der Waals surface area (Å²) in [5, 5.41) is 3.93. The number of amides is 1. The van der Waals surface area contributed by atoms with Crippen molar-refractivity contribution in [2.75, 3.05) is 52.5 Å². The molecule has 2 saturated heterocycles. The second kappa shape index (κ2) is 10.4. The Kier molecular flexibility index (Phi) is 7.60. The summed E-state index contributed by atoms with van der Waals surface area (Å²) in [5.74, 6) is 5.66. The number of likely N-dealkylation sites (tertiary alicyclic amines) is 1. The number of aryl methyl sites for hydroxylation is 1. The second-order valence-corrected chi connectivity index (χ2v) is 10.1. The van der Waals surface area contributed by atoms with E-state index in [2.05, 4.69) is 34.9 Å². The van der Waals surface area contributed by atoms with E-state index < -0.39 is 0 Å². The molecule has 0 bridgehead atoms. The monoisotopic (exact) mass is 461 g/mol. The lowest BCUT2D eigenvalue weighted by molar-refractivity contribution is -0.133. The maximum absolute atomic E-state index is 12.3. The molecule has 2 N–H and O–H groups in total. The van der Waals surface area contributed by atoms with Gasteiger partial charge in [0, 0.05) is 54.6 Å². The minimum Gasteiger partial charge on any atom is -0.378 e. The fraction of sp³-hybridized carbons (Fsp3) is 0.696. The molecule has 1 aromatic rings. The van der Waals surface area contributed by atoms with E-state index in [1.165, 1.54) is 15.3 Å². The third-order valence-electron chi connectivity index (χ3n) is 6.82. The van der Waals surface area contributed by atoms with Gasteiger partial charge in [-0.05, 0) is 37.8 Å². The lowest BCUT2D eigenvalue weighted by Crippen LogP contribution is -2.51. The number of hydrogen-bond donors (Lipinski definition) is 1. The molecule has 0 aromatic carbocycles. The van der Waals surface area contributed by atoms with Crippen LogP contribution in [0.4, 0.5) is 0 Å². The molecule has 1 amide bonds. The van der Waals surface area contributed by atoms with Gasteiger partial charge in [0.15, 0.2) is 0 Å². The van der Waals surface area contributed by atoms with Crippen LogP contribution in [0.2, 0.25) is 0 Å². The molecule has 0 radical (unpaired) electrons. The number of carbonyl (C=O) groups is 1. The molecular formula is C23H35N5O3S. The molecule has 0 unspecified atom stereocenters. The molecule has 2 atom stereocenters. The number of piperidine rings is 1. The molecule has 3 aliphatic heterocycles. The maximum Gasteiger partial charge on any atom is 0.244 e. The SMILES string of the molecule is CCc1cc2c(s1)CCO[C@@]21CCN(C/C(C=NCC(=O)N2CCOCC2)=N/N)[C@@H](C)C1. The molecule has 2 fully saturated rings. The van der Waals surface area contributed by atoms with Gasteiger partial charge in [-0.15, -0.1) is 11.3 Å². The Morgan fingerprint density at radius 3 is 2.88 bits per heavy atom. The van der Waals surface area contributed by atoms with Crippen LogP contribution >= 0.6 is 11.3 Å². The third-order valence-corrected chi connectivity index (χ3v) is 8.16. The molecule has 0 aliphatic carbocycles. The summed E-state index contributed by atoms with van der Waals surface area (Å²) >= 11 is 1.96. The van der Waals surface area contributed by atoms with E-state index in [0.717, 1.165) is 38.8 Å². The highest BCUT2D eigenvalue weighted by molar-refractivity contribution is 7.12. The summed E-state index contributed by atoms with van der Waals surface area (Å²) in [6.45, 7) is 9.38. The van der Waals surface area contributed by atoms with Gasteiger partial charge in [0.25, 0.3) is 0 Å². The zero-order valence-corrected chi connectivity index (χ0v) is 20.0. The smallest absolute Gasteiger partial charge is 0.244 e. The number of nitrogens with zero attached hydrogens (tertiary/aromatic N) is 4. The Balaban J connectivity index is 1.34. The van der Waals surface area contributed by atoms with Crippen LogP contribution in [0, 0.1) is 0 Å². The number of fused-ring (bicyclic) bond motifs is 2. The van der Waals surface area contributed by atoms with Gasteiger partial charge in [0.2, 0.25) is 5.91 Å². The summed E-state index contributed by atoms with van der Waals surface area (Å²) in [7, 11) is 0. The van der Waals surface area contributed by atoms with Crippen LogP contribution in [0.25, 0.3) is 0 Å². The first-order valence-electron chi connectivity index (χ1n) is 11.7. The number of hydrogen-bond acceptors (Lipinski definition) is 8. The van der Waals surface area contributed by atoms with Crippen molar-refractivity contribution in [3.8, 4) is 0 Å². The number of nitrogens with two attached hydrogens (primary N) is 1. The van der Waals surface area contributed by atoms with Gasteiger partial charge in [0.1, 0.15) is 6.54 Å². The fourth-order valence-corrected chi connectivity index (χ4v) is 6.15. The van der Waals surface area contributed by atoms with Crippen molar-refractivity contribution in [2.24, 2.45) is 15.9 Å². The second-order valence-electron chi connectivity index (χ2n) is 8.85. The third kappa shape index (κ3) is 5.06. The van der Waals surface area contributed by atoms with Crippen molar-refractivity contribution < 1.29 is 14.3 Å². The minimum atomic E-state index is -0.161. The highest BCUT2D eigenvalue weighted by Crippen LogP contribution is 2.46. The van der Waals surface area contributed by atoms with E-state index in [9.17, 15) is 4.79 Å². The van der Waals surface area contributed by atoms with Crippen LogP contribution in [0.1, 0.15) is 42.0 Å². The first kappa shape index (κ1) is 23.4.